The summed E-state index contributed by atoms with van der Waals surface area (Å²) < 4.78 is 37.5. The predicted molar refractivity (Wildman–Crippen MR) is 60.8 cm³/mol. The van der Waals surface area contributed by atoms with Crippen molar-refractivity contribution in [3.8, 4) is 0 Å². The van der Waals surface area contributed by atoms with Crippen LogP contribution in [0.5, 0.6) is 0 Å². The lowest BCUT2D eigenvalue weighted by Crippen LogP contribution is -2.31. The average Bonchev–Trinajstić information content (AvgIpc) is 2.28. The maximum Gasteiger partial charge on any atom is 0.433 e. The van der Waals surface area contributed by atoms with Crippen molar-refractivity contribution in [2.75, 3.05) is 24.5 Å². The predicted octanol–water partition coefficient (Wildman–Crippen LogP) is 2.28. The molecule has 0 radical (unpaired) electrons. The van der Waals surface area contributed by atoms with Gasteiger partial charge in [0.25, 0.3) is 0 Å². The maximum absolute atomic E-state index is 12.5. The highest BCUT2D eigenvalue weighted by Crippen LogP contribution is 2.28. The first-order valence-corrected chi connectivity index (χ1v) is 5.48. The third kappa shape index (κ3) is 3.89. The van der Waals surface area contributed by atoms with Crippen LogP contribution >= 0.6 is 0 Å². The van der Waals surface area contributed by atoms with E-state index in [1.54, 1.807) is 11.0 Å². The summed E-state index contributed by atoms with van der Waals surface area (Å²) in [5.74, 6) is 0.326. The van der Waals surface area contributed by atoms with Crippen LogP contribution in [-0.2, 0) is 6.18 Å². The molecular formula is C11H16F3N3. The molecule has 0 aromatic carbocycles. The molecule has 0 saturated heterocycles. The van der Waals surface area contributed by atoms with E-state index in [0.717, 1.165) is 12.5 Å². The second-order valence-electron chi connectivity index (χ2n) is 3.65. The van der Waals surface area contributed by atoms with E-state index < -0.39 is 11.9 Å². The largest absolute Gasteiger partial charge is 0.433 e. The molecule has 0 aliphatic heterocycles. The fraction of sp³-hybridized carbons (Fsp3) is 0.545. The summed E-state index contributed by atoms with van der Waals surface area (Å²) in [6, 6.07) is 3.90. The summed E-state index contributed by atoms with van der Waals surface area (Å²) in [7, 11) is 0. The van der Waals surface area contributed by atoms with Gasteiger partial charge in [-0.1, -0.05) is 13.0 Å². The third-order valence-electron chi connectivity index (χ3n) is 2.24. The number of halogens is 3. The van der Waals surface area contributed by atoms with E-state index in [0.29, 0.717) is 25.5 Å². The van der Waals surface area contributed by atoms with E-state index in [-0.39, 0.29) is 0 Å². The normalized spacial score (nSPS) is 11.6. The Balaban J connectivity index is 2.95. The van der Waals surface area contributed by atoms with Crippen molar-refractivity contribution in [1.82, 2.24) is 4.98 Å². The lowest BCUT2D eigenvalue weighted by molar-refractivity contribution is -0.141. The molecule has 17 heavy (non-hydrogen) atoms. The SMILES string of the molecule is CCCN(CCN)c1cccc(C(F)(F)F)n1. The number of aromatic nitrogens is 1. The van der Waals surface area contributed by atoms with E-state index in [2.05, 4.69) is 4.98 Å². The van der Waals surface area contributed by atoms with Gasteiger partial charge in [-0.25, -0.2) is 4.98 Å². The van der Waals surface area contributed by atoms with E-state index in [9.17, 15) is 13.2 Å². The van der Waals surface area contributed by atoms with Crippen molar-refractivity contribution >= 4 is 5.82 Å². The van der Waals surface area contributed by atoms with Crippen LogP contribution in [-0.4, -0.2) is 24.6 Å². The Kier molecular flexibility index (Phi) is 4.74. The van der Waals surface area contributed by atoms with Crippen molar-refractivity contribution in [3.63, 3.8) is 0 Å². The highest BCUT2D eigenvalue weighted by molar-refractivity contribution is 5.39. The Morgan fingerprint density at radius 1 is 1.29 bits per heavy atom. The van der Waals surface area contributed by atoms with Crippen LogP contribution in [0, 0.1) is 0 Å². The van der Waals surface area contributed by atoms with Crippen LogP contribution in [0.15, 0.2) is 18.2 Å². The van der Waals surface area contributed by atoms with Gasteiger partial charge in [0.1, 0.15) is 11.5 Å². The van der Waals surface area contributed by atoms with E-state index in [4.69, 9.17) is 5.73 Å². The smallest absolute Gasteiger partial charge is 0.355 e. The van der Waals surface area contributed by atoms with Gasteiger partial charge in [0, 0.05) is 19.6 Å². The number of pyridine rings is 1. The Morgan fingerprint density at radius 3 is 2.53 bits per heavy atom. The Bertz CT molecular complexity index is 346. The van der Waals surface area contributed by atoms with Gasteiger partial charge in [-0.2, -0.15) is 13.2 Å². The van der Waals surface area contributed by atoms with Gasteiger partial charge in [0.15, 0.2) is 0 Å². The van der Waals surface area contributed by atoms with Crippen LogP contribution in [0.1, 0.15) is 19.0 Å². The fourth-order valence-corrected chi connectivity index (χ4v) is 1.52. The molecule has 96 valence electrons. The first-order chi connectivity index (χ1) is 7.99. The zero-order chi connectivity index (χ0) is 12.9. The van der Waals surface area contributed by atoms with Gasteiger partial charge >= 0.3 is 6.18 Å². The standard InChI is InChI=1S/C11H16F3N3/c1-2-7-17(8-6-15)10-5-3-4-9(16-10)11(12,13)14/h3-5H,2,6-8,15H2,1H3. The second-order valence-corrected chi connectivity index (χ2v) is 3.65. The molecule has 0 atom stereocenters. The van der Waals surface area contributed by atoms with E-state index in [1.165, 1.54) is 6.07 Å². The number of hydrogen-bond donors (Lipinski definition) is 1. The summed E-state index contributed by atoms with van der Waals surface area (Å²) in [4.78, 5) is 5.39. The topological polar surface area (TPSA) is 42.1 Å². The molecule has 0 saturated carbocycles. The van der Waals surface area contributed by atoms with E-state index >= 15 is 0 Å². The van der Waals surface area contributed by atoms with Crippen molar-refractivity contribution in [1.29, 1.82) is 0 Å². The highest BCUT2D eigenvalue weighted by atomic mass is 19.4. The average molecular weight is 247 g/mol. The van der Waals surface area contributed by atoms with Crippen LogP contribution in [0.4, 0.5) is 19.0 Å². The van der Waals surface area contributed by atoms with Crippen LogP contribution in [0.2, 0.25) is 0 Å². The van der Waals surface area contributed by atoms with Crippen LogP contribution in [0.3, 0.4) is 0 Å². The number of rotatable bonds is 5. The molecule has 1 aromatic heterocycles. The van der Waals surface area contributed by atoms with Crippen molar-refractivity contribution in [2.24, 2.45) is 5.73 Å². The van der Waals surface area contributed by atoms with E-state index in [1.807, 2.05) is 6.92 Å². The minimum atomic E-state index is -4.41. The van der Waals surface area contributed by atoms with Crippen molar-refractivity contribution < 1.29 is 13.2 Å². The number of nitrogens with zero attached hydrogens (tertiary/aromatic N) is 2. The maximum atomic E-state index is 12.5. The molecule has 0 bridgehead atoms. The van der Waals surface area contributed by atoms with Gasteiger partial charge in [-0.15, -0.1) is 0 Å². The Labute approximate surface area is 98.4 Å². The summed E-state index contributed by atoms with van der Waals surface area (Å²) in [5, 5.41) is 0. The van der Waals surface area contributed by atoms with Gasteiger partial charge in [-0.05, 0) is 18.6 Å². The molecule has 0 unspecified atom stereocenters. The number of hydrogen-bond acceptors (Lipinski definition) is 3. The van der Waals surface area contributed by atoms with Gasteiger partial charge < -0.3 is 10.6 Å². The molecular weight excluding hydrogens is 231 g/mol. The minimum absolute atomic E-state index is 0.326. The number of alkyl halides is 3. The van der Waals surface area contributed by atoms with Crippen LogP contribution < -0.4 is 10.6 Å². The summed E-state index contributed by atoms with van der Waals surface area (Å²) in [6.45, 7) is 3.49. The van der Waals surface area contributed by atoms with Gasteiger partial charge in [-0.3, -0.25) is 0 Å². The highest BCUT2D eigenvalue weighted by Gasteiger charge is 2.32. The first-order valence-electron chi connectivity index (χ1n) is 5.48. The Hall–Kier alpha value is -1.30. The molecule has 0 fully saturated rings. The second kappa shape index (κ2) is 5.86. The monoisotopic (exact) mass is 247 g/mol. The summed E-state index contributed by atoms with van der Waals surface area (Å²) in [6.07, 6.45) is -3.57. The molecule has 0 amide bonds. The van der Waals surface area contributed by atoms with Crippen LogP contribution in [0.25, 0.3) is 0 Å². The zero-order valence-electron chi connectivity index (χ0n) is 9.67. The van der Waals surface area contributed by atoms with Crippen molar-refractivity contribution in [3.05, 3.63) is 23.9 Å². The first kappa shape index (κ1) is 13.8. The molecule has 0 aliphatic carbocycles. The number of nitrogens with two attached hydrogens (primary N) is 1. The quantitative estimate of drug-likeness (QED) is 0.868. The summed E-state index contributed by atoms with van der Waals surface area (Å²) in [5.41, 5.74) is 4.56. The molecule has 0 aliphatic rings. The third-order valence-corrected chi connectivity index (χ3v) is 2.24. The van der Waals surface area contributed by atoms with Gasteiger partial charge in [0.05, 0.1) is 0 Å². The lowest BCUT2D eigenvalue weighted by atomic mass is 10.3. The summed E-state index contributed by atoms with van der Waals surface area (Å²) >= 11 is 0. The molecule has 1 rings (SSSR count). The Morgan fingerprint density at radius 2 is 2.00 bits per heavy atom. The molecule has 2 N–H and O–H groups in total. The number of anilines is 1. The molecule has 1 aromatic rings. The molecule has 3 nitrogen and oxygen atoms in total. The van der Waals surface area contributed by atoms with Gasteiger partial charge in [0.2, 0.25) is 0 Å². The molecule has 0 spiro atoms. The molecule has 1 heterocycles. The van der Waals surface area contributed by atoms with Crippen molar-refractivity contribution in [2.45, 2.75) is 19.5 Å². The lowest BCUT2D eigenvalue weighted by Gasteiger charge is -2.23. The zero-order valence-corrected chi connectivity index (χ0v) is 9.67. The minimum Gasteiger partial charge on any atom is -0.355 e. The molecule has 6 heteroatoms. The fourth-order valence-electron chi connectivity index (χ4n) is 1.52.